The Bertz CT molecular complexity index is 1070. The van der Waals surface area contributed by atoms with Crippen LogP contribution in [0.3, 0.4) is 0 Å². The highest BCUT2D eigenvalue weighted by Crippen LogP contribution is 2.20. The number of carbonyl (C=O) groups is 1. The molecule has 0 bridgehead atoms. The molecular weight excluding hydrogens is 368 g/mol. The number of fused-ring (bicyclic) bond motifs is 1. The predicted octanol–water partition coefficient (Wildman–Crippen LogP) is 2.78. The summed E-state index contributed by atoms with van der Waals surface area (Å²) in [5, 5.41) is 9.27. The second-order valence-electron chi connectivity index (χ2n) is 6.89. The van der Waals surface area contributed by atoms with Gasteiger partial charge in [0.15, 0.2) is 0 Å². The molecule has 148 valence electrons. The van der Waals surface area contributed by atoms with E-state index in [9.17, 15) is 23.5 Å². The average molecular weight is 389 g/mol. The maximum Gasteiger partial charge on any atom is 0.335 e. The van der Waals surface area contributed by atoms with Crippen LogP contribution in [0.25, 0.3) is 11.0 Å². The van der Waals surface area contributed by atoms with E-state index in [1.54, 1.807) is 0 Å². The minimum Gasteiger partial charge on any atom is -0.478 e. The van der Waals surface area contributed by atoms with Gasteiger partial charge in [-0.05, 0) is 57.4 Å². The molecule has 1 heterocycles. The number of benzene rings is 2. The number of rotatable bonds is 7. The smallest absolute Gasteiger partial charge is 0.335 e. The minimum atomic E-state index is -1.11. The third kappa shape index (κ3) is 3.82. The number of aromatic nitrogens is 2. The lowest BCUT2D eigenvalue weighted by atomic mass is 10.1. The number of carboxylic acids is 1. The van der Waals surface area contributed by atoms with Gasteiger partial charge in [0.05, 0.1) is 23.1 Å². The normalized spacial score (nSPS) is 11.5. The van der Waals surface area contributed by atoms with Crippen molar-refractivity contribution < 1.29 is 18.7 Å². The van der Waals surface area contributed by atoms with Crippen LogP contribution in [0, 0.1) is 11.6 Å². The van der Waals surface area contributed by atoms with Crippen molar-refractivity contribution in [2.24, 2.45) is 0 Å². The number of imidazole rings is 1. The van der Waals surface area contributed by atoms with Crippen molar-refractivity contribution in [1.82, 2.24) is 14.0 Å². The van der Waals surface area contributed by atoms with Gasteiger partial charge >= 0.3 is 11.7 Å². The zero-order chi connectivity index (χ0) is 20.4. The van der Waals surface area contributed by atoms with Crippen LogP contribution < -0.4 is 5.69 Å². The average Bonchev–Trinajstić information content (AvgIpc) is 2.89. The molecule has 2 aromatic carbocycles. The third-order valence-electron chi connectivity index (χ3n) is 4.63. The second kappa shape index (κ2) is 7.93. The van der Waals surface area contributed by atoms with Gasteiger partial charge in [0.1, 0.15) is 11.6 Å². The van der Waals surface area contributed by atoms with Gasteiger partial charge in [0.25, 0.3) is 0 Å². The molecule has 0 saturated carbocycles. The van der Waals surface area contributed by atoms with Crippen LogP contribution in [0.4, 0.5) is 8.78 Å². The number of carboxylic acid groups (broad SMARTS) is 1. The number of aryl methyl sites for hydroxylation is 1. The standard InChI is InChI=1S/C20H21F2N3O3/c1-23(2)9-4-10-24-18-11-13(19(26)27)7-8-17(18)25(20(24)28)12-14-15(21)5-3-6-16(14)22/h3,5-8,11H,4,9-10,12H2,1-2H3,(H,26,27). The van der Waals surface area contributed by atoms with Crippen LogP contribution in [0.2, 0.25) is 0 Å². The van der Waals surface area contributed by atoms with Gasteiger partial charge in [-0.2, -0.15) is 0 Å². The van der Waals surface area contributed by atoms with Crippen molar-refractivity contribution in [3.05, 3.63) is 69.6 Å². The molecule has 3 rings (SSSR count). The maximum atomic E-state index is 14.1. The van der Waals surface area contributed by atoms with E-state index < -0.39 is 23.3 Å². The number of hydrogen-bond acceptors (Lipinski definition) is 3. The van der Waals surface area contributed by atoms with E-state index >= 15 is 0 Å². The number of halogens is 2. The van der Waals surface area contributed by atoms with E-state index in [0.717, 1.165) is 18.7 Å². The Hall–Kier alpha value is -3.00. The van der Waals surface area contributed by atoms with Gasteiger partial charge in [-0.15, -0.1) is 0 Å². The first-order chi connectivity index (χ1) is 13.3. The van der Waals surface area contributed by atoms with Crippen LogP contribution in [-0.2, 0) is 13.1 Å². The highest BCUT2D eigenvalue weighted by atomic mass is 19.1. The predicted molar refractivity (Wildman–Crippen MR) is 102 cm³/mol. The lowest BCUT2D eigenvalue weighted by Crippen LogP contribution is -2.26. The fourth-order valence-corrected chi connectivity index (χ4v) is 3.21. The minimum absolute atomic E-state index is 0.0445. The van der Waals surface area contributed by atoms with E-state index in [4.69, 9.17) is 0 Å². The van der Waals surface area contributed by atoms with E-state index in [-0.39, 0.29) is 17.7 Å². The molecule has 0 atom stereocenters. The monoisotopic (exact) mass is 389 g/mol. The van der Waals surface area contributed by atoms with Gasteiger partial charge in [0.2, 0.25) is 0 Å². The third-order valence-corrected chi connectivity index (χ3v) is 4.63. The molecule has 3 aromatic rings. The first kappa shape index (κ1) is 19.8. The van der Waals surface area contributed by atoms with Crippen LogP contribution in [0.5, 0.6) is 0 Å². The van der Waals surface area contributed by atoms with Crippen molar-refractivity contribution in [3.63, 3.8) is 0 Å². The van der Waals surface area contributed by atoms with E-state index in [1.165, 1.54) is 33.4 Å². The summed E-state index contributed by atoms with van der Waals surface area (Å²) in [7, 11) is 3.82. The molecule has 0 unspecified atom stereocenters. The topological polar surface area (TPSA) is 67.5 Å². The molecule has 1 N–H and O–H groups in total. The molecule has 1 aromatic heterocycles. The summed E-state index contributed by atoms with van der Waals surface area (Å²) in [5.74, 6) is -2.58. The van der Waals surface area contributed by atoms with Gasteiger partial charge in [-0.3, -0.25) is 9.13 Å². The van der Waals surface area contributed by atoms with Gasteiger partial charge < -0.3 is 10.0 Å². The van der Waals surface area contributed by atoms with Gasteiger partial charge in [-0.1, -0.05) is 6.07 Å². The molecule has 6 nitrogen and oxygen atoms in total. The molecular formula is C20H21F2N3O3. The summed E-state index contributed by atoms with van der Waals surface area (Å²) in [4.78, 5) is 26.3. The van der Waals surface area contributed by atoms with E-state index in [0.29, 0.717) is 24.0 Å². The first-order valence-electron chi connectivity index (χ1n) is 8.83. The van der Waals surface area contributed by atoms with Gasteiger partial charge in [-0.25, -0.2) is 18.4 Å². The summed E-state index contributed by atoms with van der Waals surface area (Å²) in [6, 6.07) is 7.85. The fraction of sp³-hybridized carbons (Fsp3) is 0.300. The molecule has 0 saturated heterocycles. The molecule has 8 heteroatoms. The number of nitrogens with zero attached hydrogens (tertiary/aromatic N) is 3. The molecule has 0 radical (unpaired) electrons. The Balaban J connectivity index is 2.13. The molecule has 0 amide bonds. The largest absolute Gasteiger partial charge is 0.478 e. The number of aromatic carboxylic acids is 1. The molecule has 0 spiro atoms. The Kier molecular flexibility index (Phi) is 5.60. The van der Waals surface area contributed by atoms with Crippen molar-refractivity contribution in [2.75, 3.05) is 20.6 Å². The van der Waals surface area contributed by atoms with Crippen LogP contribution >= 0.6 is 0 Å². The van der Waals surface area contributed by atoms with E-state index in [1.807, 2.05) is 19.0 Å². The molecule has 0 aliphatic rings. The summed E-state index contributed by atoms with van der Waals surface area (Å²) >= 11 is 0. The lowest BCUT2D eigenvalue weighted by Gasteiger charge is -2.09. The van der Waals surface area contributed by atoms with Crippen molar-refractivity contribution in [1.29, 1.82) is 0 Å². The van der Waals surface area contributed by atoms with Gasteiger partial charge in [0, 0.05) is 12.1 Å². The Morgan fingerprint density at radius 1 is 1.07 bits per heavy atom. The summed E-state index contributed by atoms with van der Waals surface area (Å²) in [6.07, 6.45) is 0.664. The molecule has 0 fully saturated rings. The maximum absolute atomic E-state index is 14.1. The van der Waals surface area contributed by atoms with Crippen LogP contribution in [0.1, 0.15) is 22.3 Å². The van der Waals surface area contributed by atoms with Crippen molar-refractivity contribution >= 4 is 17.0 Å². The van der Waals surface area contributed by atoms with Crippen LogP contribution in [-0.4, -0.2) is 45.8 Å². The van der Waals surface area contributed by atoms with Crippen LogP contribution in [0.15, 0.2) is 41.2 Å². The molecule has 0 aliphatic heterocycles. The lowest BCUT2D eigenvalue weighted by molar-refractivity contribution is 0.0697. The summed E-state index contributed by atoms with van der Waals surface area (Å²) < 4.78 is 30.9. The van der Waals surface area contributed by atoms with Crippen molar-refractivity contribution in [2.45, 2.75) is 19.5 Å². The Morgan fingerprint density at radius 2 is 1.75 bits per heavy atom. The zero-order valence-corrected chi connectivity index (χ0v) is 15.7. The number of hydrogen-bond donors (Lipinski definition) is 1. The SMILES string of the molecule is CN(C)CCCn1c(=O)n(Cc2c(F)cccc2F)c2ccc(C(=O)O)cc21. The zero-order valence-electron chi connectivity index (χ0n) is 15.7. The second-order valence-corrected chi connectivity index (χ2v) is 6.89. The summed E-state index contributed by atoms with van der Waals surface area (Å²) in [6.45, 7) is 0.823. The molecule has 28 heavy (non-hydrogen) atoms. The fourth-order valence-electron chi connectivity index (χ4n) is 3.21. The highest BCUT2D eigenvalue weighted by molar-refractivity contribution is 5.92. The van der Waals surface area contributed by atoms with E-state index in [2.05, 4.69) is 0 Å². The highest BCUT2D eigenvalue weighted by Gasteiger charge is 2.18. The summed E-state index contributed by atoms with van der Waals surface area (Å²) in [5.41, 5.74) is 0.268. The Morgan fingerprint density at radius 3 is 2.36 bits per heavy atom. The molecule has 0 aliphatic carbocycles. The first-order valence-corrected chi connectivity index (χ1v) is 8.83. The Labute approximate surface area is 160 Å². The van der Waals surface area contributed by atoms with Crippen molar-refractivity contribution in [3.8, 4) is 0 Å². The quantitative estimate of drug-likeness (QED) is 0.675.